The average molecular weight is 459 g/mol. The molecular weight excluding hydrogens is 428 g/mol. The fourth-order valence-electron chi connectivity index (χ4n) is 4.13. The fraction of sp³-hybridized carbons (Fsp3) is 0.391. The summed E-state index contributed by atoms with van der Waals surface area (Å²) in [5.41, 5.74) is 5.57. The Morgan fingerprint density at radius 2 is 1.69 bits per heavy atom. The van der Waals surface area contributed by atoms with Crippen molar-refractivity contribution in [2.24, 2.45) is 0 Å². The van der Waals surface area contributed by atoms with Gasteiger partial charge < -0.3 is 20.1 Å². The number of aliphatic hydroxyl groups excluding tert-OH is 1. The van der Waals surface area contributed by atoms with E-state index in [0.717, 1.165) is 37.3 Å². The monoisotopic (exact) mass is 458 g/mol. The Hall–Kier alpha value is -2.27. The fourth-order valence-corrected chi connectivity index (χ4v) is 5.51. The van der Waals surface area contributed by atoms with Crippen molar-refractivity contribution < 1.29 is 18.7 Å². The third-order valence-corrected chi connectivity index (χ3v) is 8.10. The highest BCUT2D eigenvalue weighted by Gasteiger charge is 2.27. The number of hydrogen-bond acceptors (Lipinski definition) is 7. The van der Waals surface area contributed by atoms with E-state index in [4.69, 9.17) is 5.21 Å². The number of nitrogens with zero attached hydrogens (tertiary/aromatic N) is 3. The molecule has 2 aliphatic rings. The SMILES string of the molecule is CN1CCN(c2cccc(-c3ccc(S(=O)(=O)N4CC=C(C(O)NO)CC4)cc3)c2)CC1. The highest BCUT2D eigenvalue weighted by atomic mass is 32.2. The zero-order valence-corrected chi connectivity index (χ0v) is 19.0. The molecule has 2 aromatic rings. The molecule has 0 amide bonds. The minimum atomic E-state index is -3.64. The normalized spacial score (nSPS) is 19.6. The second kappa shape index (κ2) is 9.70. The summed E-state index contributed by atoms with van der Waals surface area (Å²) >= 11 is 0. The number of hydrogen-bond donors (Lipinski definition) is 3. The molecule has 0 aromatic heterocycles. The minimum absolute atomic E-state index is 0.158. The van der Waals surface area contributed by atoms with Crippen molar-refractivity contribution in [2.45, 2.75) is 17.5 Å². The van der Waals surface area contributed by atoms with Gasteiger partial charge in [0.15, 0.2) is 0 Å². The average Bonchev–Trinajstić information content (AvgIpc) is 2.84. The van der Waals surface area contributed by atoms with Crippen molar-refractivity contribution in [1.29, 1.82) is 0 Å². The summed E-state index contributed by atoms with van der Waals surface area (Å²) in [5, 5.41) is 18.5. The second-order valence-electron chi connectivity index (χ2n) is 8.29. The van der Waals surface area contributed by atoms with E-state index in [-0.39, 0.29) is 18.0 Å². The first-order valence-electron chi connectivity index (χ1n) is 10.8. The summed E-state index contributed by atoms with van der Waals surface area (Å²) in [6.45, 7) is 4.48. The summed E-state index contributed by atoms with van der Waals surface area (Å²) in [6.07, 6.45) is 0.818. The first-order valence-corrected chi connectivity index (χ1v) is 12.2. The summed E-state index contributed by atoms with van der Waals surface area (Å²) in [6, 6.07) is 15.4. The van der Waals surface area contributed by atoms with Crippen LogP contribution >= 0.6 is 0 Å². The number of nitrogens with one attached hydrogen (secondary N) is 1. The Labute approximate surface area is 189 Å². The molecule has 0 spiro atoms. The van der Waals surface area contributed by atoms with E-state index in [1.54, 1.807) is 23.7 Å². The van der Waals surface area contributed by atoms with Crippen molar-refractivity contribution in [3.05, 3.63) is 60.2 Å². The van der Waals surface area contributed by atoms with E-state index in [2.05, 4.69) is 29.0 Å². The number of rotatable bonds is 6. The number of hydroxylamine groups is 1. The highest BCUT2D eigenvalue weighted by molar-refractivity contribution is 7.89. The van der Waals surface area contributed by atoms with Gasteiger partial charge in [0.1, 0.15) is 6.23 Å². The van der Waals surface area contributed by atoms with Crippen LogP contribution in [-0.4, -0.2) is 80.5 Å². The lowest BCUT2D eigenvalue weighted by Crippen LogP contribution is -2.44. The summed E-state index contributed by atoms with van der Waals surface area (Å²) in [5.74, 6) is 0. The van der Waals surface area contributed by atoms with Gasteiger partial charge >= 0.3 is 0 Å². The van der Waals surface area contributed by atoms with Crippen LogP contribution in [0.1, 0.15) is 6.42 Å². The lowest BCUT2D eigenvalue weighted by Gasteiger charge is -2.34. The molecule has 172 valence electrons. The number of aliphatic hydroxyl groups is 1. The van der Waals surface area contributed by atoms with E-state index in [1.807, 2.05) is 24.3 Å². The molecule has 2 aromatic carbocycles. The van der Waals surface area contributed by atoms with E-state index < -0.39 is 16.3 Å². The quantitative estimate of drug-likeness (QED) is 0.345. The van der Waals surface area contributed by atoms with Crippen molar-refractivity contribution in [3.8, 4) is 11.1 Å². The lowest BCUT2D eigenvalue weighted by molar-refractivity contribution is 0.0217. The van der Waals surface area contributed by atoms with Crippen LogP contribution in [0.2, 0.25) is 0 Å². The van der Waals surface area contributed by atoms with E-state index >= 15 is 0 Å². The minimum Gasteiger partial charge on any atom is -0.373 e. The lowest BCUT2D eigenvalue weighted by atomic mass is 10.0. The summed E-state index contributed by atoms with van der Waals surface area (Å²) in [7, 11) is -1.50. The molecule has 0 bridgehead atoms. The van der Waals surface area contributed by atoms with Gasteiger partial charge in [-0.25, -0.2) is 8.42 Å². The molecule has 0 radical (unpaired) electrons. The van der Waals surface area contributed by atoms with Gasteiger partial charge in [-0.2, -0.15) is 9.79 Å². The van der Waals surface area contributed by atoms with Crippen LogP contribution in [0, 0.1) is 0 Å². The molecular formula is C23H30N4O4S. The molecule has 3 N–H and O–H groups in total. The van der Waals surface area contributed by atoms with Crippen LogP contribution in [0.3, 0.4) is 0 Å². The van der Waals surface area contributed by atoms with E-state index in [1.165, 1.54) is 9.99 Å². The Kier molecular flexibility index (Phi) is 6.94. The molecule has 2 aliphatic heterocycles. The largest absolute Gasteiger partial charge is 0.373 e. The molecule has 0 saturated carbocycles. The van der Waals surface area contributed by atoms with Crippen molar-refractivity contribution in [1.82, 2.24) is 14.7 Å². The van der Waals surface area contributed by atoms with Crippen LogP contribution in [0.5, 0.6) is 0 Å². The Morgan fingerprint density at radius 3 is 2.31 bits per heavy atom. The molecule has 1 atom stereocenters. The molecule has 1 saturated heterocycles. The van der Waals surface area contributed by atoms with E-state index in [0.29, 0.717) is 12.0 Å². The zero-order chi connectivity index (χ0) is 22.7. The predicted molar refractivity (Wildman–Crippen MR) is 124 cm³/mol. The topological polar surface area (TPSA) is 96.4 Å². The van der Waals surface area contributed by atoms with Crippen LogP contribution in [0.4, 0.5) is 5.69 Å². The molecule has 8 nitrogen and oxygen atoms in total. The third kappa shape index (κ3) is 4.88. The van der Waals surface area contributed by atoms with Crippen LogP contribution in [0.25, 0.3) is 11.1 Å². The standard InChI is InChI=1S/C23H30N4O4S/c1-25-13-15-26(16-14-25)21-4-2-3-20(17-21)18-5-7-22(8-6-18)32(30,31)27-11-9-19(10-12-27)23(28)24-29/h2-9,17,23-24,28-29H,10-16H2,1H3. The van der Waals surface area contributed by atoms with Crippen LogP contribution in [-0.2, 0) is 10.0 Å². The van der Waals surface area contributed by atoms with Gasteiger partial charge in [0.05, 0.1) is 4.90 Å². The van der Waals surface area contributed by atoms with Gasteiger partial charge in [-0.15, -0.1) is 0 Å². The smallest absolute Gasteiger partial charge is 0.243 e. The molecule has 1 unspecified atom stereocenters. The predicted octanol–water partition coefficient (Wildman–Crippen LogP) is 1.72. The zero-order valence-electron chi connectivity index (χ0n) is 18.2. The maximum absolute atomic E-state index is 13.0. The Balaban J connectivity index is 1.49. The second-order valence-corrected chi connectivity index (χ2v) is 10.2. The maximum Gasteiger partial charge on any atom is 0.243 e. The van der Waals surface area contributed by atoms with Crippen molar-refractivity contribution in [2.75, 3.05) is 51.2 Å². The number of benzene rings is 2. The molecule has 1 fully saturated rings. The first-order chi connectivity index (χ1) is 15.4. The number of piperazine rings is 1. The van der Waals surface area contributed by atoms with Crippen LogP contribution < -0.4 is 10.4 Å². The van der Waals surface area contributed by atoms with Crippen LogP contribution in [0.15, 0.2) is 65.1 Å². The molecule has 32 heavy (non-hydrogen) atoms. The summed E-state index contributed by atoms with van der Waals surface area (Å²) < 4.78 is 27.4. The molecule has 4 rings (SSSR count). The maximum atomic E-state index is 13.0. The highest BCUT2D eigenvalue weighted by Crippen LogP contribution is 2.28. The molecule has 9 heteroatoms. The molecule has 2 heterocycles. The Morgan fingerprint density at radius 1 is 0.969 bits per heavy atom. The molecule has 0 aliphatic carbocycles. The van der Waals surface area contributed by atoms with E-state index in [9.17, 15) is 13.5 Å². The number of sulfonamides is 1. The summed E-state index contributed by atoms with van der Waals surface area (Å²) in [4.78, 5) is 4.95. The number of likely N-dealkylation sites (N-methyl/N-ethyl adjacent to an activating group) is 1. The number of anilines is 1. The van der Waals surface area contributed by atoms with Gasteiger partial charge in [-0.05, 0) is 54.4 Å². The van der Waals surface area contributed by atoms with Gasteiger partial charge in [0.25, 0.3) is 0 Å². The van der Waals surface area contributed by atoms with Gasteiger partial charge in [0, 0.05) is 45.0 Å². The Bertz CT molecular complexity index is 1060. The van der Waals surface area contributed by atoms with Gasteiger partial charge in [0.2, 0.25) is 10.0 Å². The van der Waals surface area contributed by atoms with Gasteiger partial charge in [-0.1, -0.05) is 30.3 Å². The van der Waals surface area contributed by atoms with Crippen molar-refractivity contribution >= 4 is 15.7 Å². The van der Waals surface area contributed by atoms with Crippen molar-refractivity contribution in [3.63, 3.8) is 0 Å². The van der Waals surface area contributed by atoms with Gasteiger partial charge in [-0.3, -0.25) is 0 Å². The first kappa shape index (κ1) is 22.9. The third-order valence-electron chi connectivity index (χ3n) is 6.22.